The second-order valence-electron chi connectivity index (χ2n) is 4.23. The summed E-state index contributed by atoms with van der Waals surface area (Å²) in [6.45, 7) is 4.92. The lowest BCUT2D eigenvalue weighted by molar-refractivity contribution is 0.0322. The van der Waals surface area contributed by atoms with Gasteiger partial charge in [-0.15, -0.1) is 4.91 Å². The van der Waals surface area contributed by atoms with Crippen LogP contribution in [0.1, 0.15) is 0 Å². The molecule has 104 valence electrons. The zero-order valence-corrected chi connectivity index (χ0v) is 11.0. The van der Waals surface area contributed by atoms with Crippen molar-refractivity contribution in [2.24, 2.45) is 5.18 Å². The number of morpholine rings is 1. The summed E-state index contributed by atoms with van der Waals surface area (Å²) < 4.78 is 16.0. The van der Waals surface area contributed by atoms with Gasteiger partial charge in [0.1, 0.15) is 18.0 Å². The molecule has 0 N–H and O–H groups in total. The van der Waals surface area contributed by atoms with Crippen molar-refractivity contribution in [2.45, 2.75) is 0 Å². The molecule has 1 heterocycles. The molecule has 1 fully saturated rings. The Morgan fingerprint density at radius 1 is 1.37 bits per heavy atom. The van der Waals surface area contributed by atoms with Crippen molar-refractivity contribution >= 4 is 5.69 Å². The number of nitroso groups, excluding NO2 is 1. The molecular formula is C13H18N2O4. The number of ether oxygens (including phenoxy) is 3. The topological polar surface area (TPSA) is 60.4 Å². The van der Waals surface area contributed by atoms with Gasteiger partial charge >= 0.3 is 0 Å². The molecule has 0 bridgehead atoms. The molecule has 0 spiro atoms. The first-order valence-electron chi connectivity index (χ1n) is 6.28. The monoisotopic (exact) mass is 266 g/mol. The Bertz CT molecular complexity index is 419. The van der Waals surface area contributed by atoms with Crippen LogP contribution in [-0.4, -0.2) is 51.5 Å². The fraction of sp³-hybridized carbons (Fsp3) is 0.538. The van der Waals surface area contributed by atoms with Gasteiger partial charge in [-0.25, -0.2) is 0 Å². The molecule has 0 atom stereocenters. The standard InChI is InChI=1S/C13H18N2O4/c1-17-13-10-11(2-3-12(13)14-16)19-9-6-15-4-7-18-8-5-15/h2-3,10H,4-9H2,1H3. The first-order valence-corrected chi connectivity index (χ1v) is 6.28. The number of hydrogen-bond acceptors (Lipinski definition) is 6. The summed E-state index contributed by atoms with van der Waals surface area (Å²) in [5.41, 5.74) is 0.281. The van der Waals surface area contributed by atoms with Crippen LogP contribution in [0.5, 0.6) is 11.5 Å². The molecule has 0 saturated carbocycles. The van der Waals surface area contributed by atoms with Gasteiger partial charge in [-0.05, 0) is 17.3 Å². The molecule has 1 aromatic carbocycles. The zero-order chi connectivity index (χ0) is 13.5. The summed E-state index contributed by atoms with van der Waals surface area (Å²) in [6, 6.07) is 4.99. The van der Waals surface area contributed by atoms with Crippen molar-refractivity contribution in [3.8, 4) is 11.5 Å². The predicted octanol–water partition coefficient (Wildman–Crippen LogP) is 1.80. The Morgan fingerprint density at radius 3 is 2.84 bits per heavy atom. The second kappa shape index (κ2) is 7.06. The summed E-state index contributed by atoms with van der Waals surface area (Å²) in [4.78, 5) is 12.8. The molecule has 2 rings (SSSR count). The van der Waals surface area contributed by atoms with Crippen molar-refractivity contribution in [1.29, 1.82) is 0 Å². The number of benzene rings is 1. The van der Waals surface area contributed by atoms with E-state index < -0.39 is 0 Å². The first-order chi connectivity index (χ1) is 9.33. The van der Waals surface area contributed by atoms with Gasteiger partial charge < -0.3 is 14.2 Å². The Balaban J connectivity index is 1.83. The quantitative estimate of drug-likeness (QED) is 0.735. The van der Waals surface area contributed by atoms with Gasteiger partial charge in [0.25, 0.3) is 0 Å². The summed E-state index contributed by atoms with van der Waals surface area (Å²) in [6.07, 6.45) is 0. The van der Waals surface area contributed by atoms with Crippen LogP contribution in [-0.2, 0) is 4.74 Å². The smallest absolute Gasteiger partial charge is 0.151 e. The molecule has 19 heavy (non-hydrogen) atoms. The van der Waals surface area contributed by atoms with E-state index in [1.807, 2.05) is 0 Å². The molecule has 1 aromatic rings. The van der Waals surface area contributed by atoms with Crippen molar-refractivity contribution in [2.75, 3.05) is 46.6 Å². The van der Waals surface area contributed by atoms with E-state index in [1.54, 1.807) is 18.2 Å². The van der Waals surface area contributed by atoms with Crippen LogP contribution in [0.15, 0.2) is 23.4 Å². The maximum atomic E-state index is 10.5. The number of hydrogen-bond donors (Lipinski definition) is 0. The van der Waals surface area contributed by atoms with Crippen LogP contribution in [0.3, 0.4) is 0 Å². The SMILES string of the molecule is COc1cc(OCCN2CCOCC2)ccc1N=O. The molecule has 1 aliphatic rings. The van der Waals surface area contributed by atoms with Crippen molar-refractivity contribution in [3.63, 3.8) is 0 Å². The molecular weight excluding hydrogens is 248 g/mol. The average molecular weight is 266 g/mol. The Hall–Kier alpha value is -1.66. The van der Waals surface area contributed by atoms with Crippen molar-refractivity contribution < 1.29 is 14.2 Å². The molecule has 0 unspecified atom stereocenters. The van der Waals surface area contributed by atoms with Gasteiger partial charge in [-0.1, -0.05) is 0 Å². The number of nitrogens with zero attached hydrogens (tertiary/aromatic N) is 2. The third-order valence-corrected chi connectivity index (χ3v) is 3.03. The highest BCUT2D eigenvalue weighted by molar-refractivity contribution is 5.54. The normalized spacial score (nSPS) is 16.1. The van der Waals surface area contributed by atoms with E-state index in [-0.39, 0.29) is 5.69 Å². The Kier molecular flexibility index (Phi) is 5.11. The van der Waals surface area contributed by atoms with E-state index in [0.717, 1.165) is 32.8 Å². The van der Waals surface area contributed by atoms with Crippen LogP contribution in [0.2, 0.25) is 0 Å². The summed E-state index contributed by atoms with van der Waals surface area (Å²) in [5, 5.41) is 2.88. The molecule has 1 aliphatic heterocycles. The highest BCUT2D eigenvalue weighted by Crippen LogP contribution is 2.31. The lowest BCUT2D eigenvalue weighted by Crippen LogP contribution is -2.38. The maximum absolute atomic E-state index is 10.5. The van der Waals surface area contributed by atoms with Crippen LogP contribution < -0.4 is 9.47 Å². The first kappa shape index (κ1) is 13.8. The molecule has 1 saturated heterocycles. The van der Waals surface area contributed by atoms with E-state index in [2.05, 4.69) is 10.1 Å². The van der Waals surface area contributed by atoms with Gasteiger partial charge in [0.05, 0.1) is 20.3 Å². The fourth-order valence-electron chi connectivity index (χ4n) is 1.94. The lowest BCUT2D eigenvalue weighted by Gasteiger charge is -2.26. The largest absolute Gasteiger partial charge is 0.494 e. The third-order valence-electron chi connectivity index (χ3n) is 3.03. The highest BCUT2D eigenvalue weighted by atomic mass is 16.5. The molecule has 6 nitrogen and oxygen atoms in total. The van der Waals surface area contributed by atoms with E-state index in [0.29, 0.717) is 18.1 Å². The van der Waals surface area contributed by atoms with Crippen molar-refractivity contribution in [3.05, 3.63) is 23.1 Å². The molecule has 0 aromatic heterocycles. The summed E-state index contributed by atoms with van der Waals surface area (Å²) in [5.74, 6) is 1.11. The minimum atomic E-state index is 0.281. The van der Waals surface area contributed by atoms with Gasteiger partial charge in [0.15, 0.2) is 5.75 Å². The molecule has 0 amide bonds. The van der Waals surface area contributed by atoms with Gasteiger partial charge in [-0.2, -0.15) is 0 Å². The minimum absolute atomic E-state index is 0.281. The van der Waals surface area contributed by atoms with Gasteiger partial charge in [0, 0.05) is 25.7 Å². The number of methoxy groups -OCH3 is 1. The van der Waals surface area contributed by atoms with Crippen LogP contribution in [0.4, 0.5) is 5.69 Å². The Morgan fingerprint density at radius 2 is 2.16 bits per heavy atom. The van der Waals surface area contributed by atoms with Crippen molar-refractivity contribution in [1.82, 2.24) is 4.90 Å². The summed E-state index contributed by atoms with van der Waals surface area (Å²) in [7, 11) is 1.50. The van der Waals surface area contributed by atoms with E-state index >= 15 is 0 Å². The van der Waals surface area contributed by atoms with Crippen LogP contribution >= 0.6 is 0 Å². The van der Waals surface area contributed by atoms with E-state index in [4.69, 9.17) is 14.2 Å². The molecule has 0 radical (unpaired) electrons. The predicted molar refractivity (Wildman–Crippen MR) is 71.2 cm³/mol. The number of rotatable bonds is 6. The van der Waals surface area contributed by atoms with E-state index in [9.17, 15) is 4.91 Å². The van der Waals surface area contributed by atoms with Gasteiger partial charge in [0.2, 0.25) is 0 Å². The summed E-state index contributed by atoms with van der Waals surface area (Å²) >= 11 is 0. The second-order valence-corrected chi connectivity index (χ2v) is 4.23. The highest BCUT2D eigenvalue weighted by Gasteiger charge is 2.10. The van der Waals surface area contributed by atoms with Crippen LogP contribution in [0, 0.1) is 4.91 Å². The third kappa shape index (κ3) is 3.90. The average Bonchev–Trinajstić information content (AvgIpc) is 2.48. The maximum Gasteiger partial charge on any atom is 0.151 e. The van der Waals surface area contributed by atoms with E-state index in [1.165, 1.54) is 7.11 Å². The lowest BCUT2D eigenvalue weighted by atomic mass is 10.3. The molecule has 0 aliphatic carbocycles. The fourth-order valence-corrected chi connectivity index (χ4v) is 1.94. The molecule has 6 heteroatoms. The van der Waals surface area contributed by atoms with Gasteiger partial charge in [-0.3, -0.25) is 4.90 Å². The minimum Gasteiger partial charge on any atom is -0.494 e. The van der Waals surface area contributed by atoms with Crippen LogP contribution in [0.25, 0.3) is 0 Å². The Labute approximate surface area is 112 Å². The zero-order valence-electron chi connectivity index (χ0n) is 11.0.